The number of rotatable bonds is 4. The van der Waals surface area contributed by atoms with Gasteiger partial charge in [-0.25, -0.2) is 4.98 Å². The molecule has 0 spiro atoms. The van der Waals surface area contributed by atoms with Gasteiger partial charge in [0.25, 0.3) is 11.6 Å². The molecule has 1 amide bonds. The molecule has 1 aliphatic rings. The number of pyridine rings is 1. The molecule has 2 atom stereocenters. The third-order valence-electron chi connectivity index (χ3n) is 5.46. The number of furan rings is 1. The van der Waals surface area contributed by atoms with Crippen LogP contribution in [0.15, 0.2) is 21.1 Å². The van der Waals surface area contributed by atoms with Gasteiger partial charge in [0.05, 0.1) is 22.3 Å². The summed E-state index contributed by atoms with van der Waals surface area (Å²) in [6.07, 6.45) is 3.10. The number of hydrogen-bond acceptors (Lipinski definition) is 6. The quantitative estimate of drug-likeness (QED) is 0.732. The minimum atomic E-state index is -0.141. The van der Waals surface area contributed by atoms with Crippen molar-refractivity contribution in [2.75, 3.05) is 6.54 Å². The number of hydrogen-bond donors (Lipinski definition) is 2. The lowest BCUT2D eigenvalue weighted by molar-refractivity contribution is 0.0930. The molecule has 4 rings (SSSR count). The van der Waals surface area contributed by atoms with Crippen molar-refractivity contribution in [2.24, 2.45) is 11.7 Å². The van der Waals surface area contributed by atoms with Crippen molar-refractivity contribution in [3.63, 3.8) is 0 Å². The highest BCUT2D eigenvalue weighted by Gasteiger charge is 2.29. The molecule has 27 heavy (non-hydrogen) atoms. The molecule has 3 aromatic heterocycles. The maximum atomic E-state index is 13.1. The minimum Gasteiger partial charge on any atom is -0.466 e. The van der Waals surface area contributed by atoms with Crippen LogP contribution in [0.4, 0.5) is 0 Å². The van der Waals surface area contributed by atoms with E-state index in [0.717, 1.165) is 36.3 Å². The van der Waals surface area contributed by atoms with Crippen molar-refractivity contribution < 1.29 is 13.7 Å². The summed E-state index contributed by atoms with van der Waals surface area (Å²) in [7, 11) is 0. The highest BCUT2D eigenvalue weighted by atomic mass is 16.5. The summed E-state index contributed by atoms with van der Waals surface area (Å²) >= 11 is 0. The summed E-state index contributed by atoms with van der Waals surface area (Å²) in [5.41, 5.74) is 8.87. The van der Waals surface area contributed by atoms with E-state index < -0.39 is 0 Å². The first-order valence-electron chi connectivity index (χ1n) is 9.33. The summed E-state index contributed by atoms with van der Waals surface area (Å²) in [5.74, 6) is 1.73. The Morgan fingerprint density at radius 2 is 2.11 bits per heavy atom. The van der Waals surface area contributed by atoms with Crippen molar-refractivity contribution in [1.29, 1.82) is 0 Å². The van der Waals surface area contributed by atoms with E-state index >= 15 is 0 Å². The molecule has 0 saturated heterocycles. The molecule has 0 aliphatic heterocycles. The maximum Gasteiger partial charge on any atom is 0.259 e. The lowest BCUT2D eigenvalue weighted by atomic mass is 10.0. The topological polar surface area (TPSA) is 107 Å². The highest BCUT2D eigenvalue weighted by molar-refractivity contribution is 6.07. The third-order valence-corrected chi connectivity index (χ3v) is 5.46. The van der Waals surface area contributed by atoms with Crippen molar-refractivity contribution >= 4 is 17.0 Å². The Morgan fingerprint density at radius 1 is 1.30 bits per heavy atom. The van der Waals surface area contributed by atoms with Gasteiger partial charge in [0, 0.05) is 11.6 Å². The number of aromatic nitrogens is 2. The zero-order valence-corrected chi connectivity index (χ0v) is 15.8. The second-order valence-electron chi connectivity index (χ2n) is 7.34. The van der Waals surface area contributed by atoms with Gasteiger partial charge in [0.15, 0.2) is 0 Å². The van der Waals surface area contributed by atoms with E-state index in [4.69, 9.17) is 14.7 Å². The number of nitrogens with zero attached hydrogens (tertiary/aromatic N) is 2. The van der Waals surface area contributed by atoms with Crippen molar-refractivity contribution in [1.82, 2.24) is 15.5 Å². The van der Waals surface area contributed by atoms with Crippen LogP contribution >= 0.6 is 0 Å². The van der Waals surface area contributed by atoms with E-state index in [1.165, 1.54) is 0 Å². The molecule has 7 nitrogen and oxygen atoms in total. The molecule has 1 fully saturated rings. The molecule has 0 bridgehead atoms. The summed E-state index contributed by atoms with van der Waals surface area (Å²) in [5, 5.41) is 7.82. The molecule has 1 saturated carbocycles. The average Bonchev–Trinajstić information content (AvgIpc) is 3.33. The van der Waals surface area contributed by atoms with E-state index in [-0.39, 0.29) is 11.9 Å². The van der Waals surface area contributed by atoms with Crippen LogP contribution in [-0.2, 0) is 0 Å². The van der Waals surface area contributed by atoms with Crippen LogP contribution in [0.1, 0.15) is 46.8 Å². The number of carbonyl (C=O) groups excluding carboxylic acids is 1. The Kier molecular flexibility index (Phi) is 4.47. The Balaban J connectivity index is 1.77. The van der Waals surface area contributed by atoms with Crippen LogP contribution in [0.25, 0.3) is 22.4 Å². The monoisotopic (exact) mass is 368 g/mol. The van der Waals surface area contributed by atoms with Crippen LogP contribution in [-0.4, -0.2) is 28.6 Å². The van der Waals surface area contributed by atoms with Crippen LogP contribution in [0.2, 0.25) is 0 Å². The van der Waals surface area contributed by atoms with Gasteiger partial charge in [0.2, 0.25) is 0 Å². The summed E-state index contributed by atoms with van der Waals surface area (Å²) < 4.78 is 11.0. The molecule has 7 heteroatoms. The van der Waals surface area contributed by atoms with Crippen molar-refractivity contribution in [3.8, 4) is 11.3 Å². The van der Waals surface area contributed by atoms with Gasteiger partial charge in [-0.05, 0) is 58.2 Å². The normalized spacial score (nSPS) is 19.7. The largest absolute Gasteiger partial charge is 0.466 e. The Bertz CT molecular complexity index is 1000. The predicted molar refractivity (Wildman–Crippen MR) is 101 cm³/mol. The molecule has 3 heterocycles. The number of nitrogens with two attached hydrogens (primary N) is 1. The second kappa shape index (κ2) is 6.81. The standard InChI is InChI=1S/C20H24N4O3/c1-10-7-14(12(3)26-10)17-8-15(18-11(2)24-27-20(18)23-17)19(25)22-16-6-4-5-13(16)9-21/h7-8,13,16H,4-6,9,21H2,1-3H3,(H,22,25). The van der Waals surface area contributed by atoms with E-state index in [9.17, 15) is 4.79 Å². The molecule has 0 radical (unpaired) electrons. The summed E-state index contributed by atoms with van der Waals surface area (Å²) in [6, 6.07) is 3.81. The van der Waals surface area contributed by atoms with Gasteiger partial charge in [0.1, 0.15) is 11.5 Å². The molecule has 142 valence electrons. The maximum absolute atomic E-state index is 13.1. The lowest BCUT2D eigenvalue weighted by Crippen LogP contribution is -2.40. The van der Waals surface area contributed by atoms with Crippen LogP contribution in [0, 0.1) is 26.7 Å². The molecular weight excluding hydrogens is 344 g/mol. The average molecular weight is 368 g/mol. The van der Waals surface area contributed by atoms with Crippen LogP contribution in [0.5, 0.6) is 0 Å². The number of aryl methyl sites for hydroxylation is 3. The van der Waals surface area contributed by atoms with Gasteiger partial charge in [-0.2, -0.15) is 0 Å². The molecular formula is C20H24N4O3. The molecule has 3 aromatic rings. The SMILES string of the molecule is Cc1cc(-c2cc(C(=O)NC3CCCC3CN)c3c(C)noc3n2)c(C)o1. The van der Waals surface area contributed by atoms with Gasteiger partial charge < -0.3 is 20.0 Å². The fourth-order valence-corrected chi connectivity index (χ4v) is 4.05. The first kappa shape index (κ1) is 17.7. The van der Waals surface area contributed by atoms with E-state index in [0.29, 0.717) is 40.5 Å². The number of fused-ring (bicyclic) bond motifs is 1. The third kappa shape index (κ3) is 3.12. The van der Waals surface area contributed by atoms with Gasteiger partial charge in [-0.15, -0.1) is 0 Å². The smallest absolute Gasteiger partial charge is 0.259 e. The molecule has 2 unspecified atom stereocenters. The van der Waals surface area contributed by atoms with Crippen molar-refractivity contribution in [3.05, 3.63) is 34.9 Å². The molecule has 3 N–H and O–H groups in total. The number of nitrogens with one attached hydrogen (secondary N) is 1. The number of amides is 1. The Hall–Kier alpha value is -2.67. The fourth-order valence-electron chi connectivity index (χ4n) is 4.05. The first-order chi connectivity index (χ1) is 13.0. The van der Waals surface area contributed by atoms with Gasteiger partial charge in [-0.1, -0.05) is 11.6 Å². The highest BCUT2D eigenvalue weighted by Crippen LogP contribution is 2.31. The lowest BCUT2D eigenvalue weighted by Gasteiger charge is -2.19. The van der Waals surface area contributed by atoms with E-state index in [2.05, 4.69) is 15.5 Å². The number of carbonyl (C=O) groups is 1. The van der Waals surface area contributed by atoms with Gasteiger partial charge >= 0.3 is 0 Å². The van der Waals surface area contributed by atoms with Gasteiger partial charge in [-0.3, -0.25) is 4.79 Å². The molecule has 0 aromatic carbocycles. The molecule has 1 aliphatic carbocycles. The summed E-state index contributed by atoms with van der Waals surface area (Å²) in [6.45, 7) is 6.16. The van der Waals surface area contributed by atoms with E-state index in [1.807, 2.05) is 26.8 Å². The fraction of sp³-hybridized carbons (Fsp3) is 0.450. The summed E-state index contributed by atoms with van der Waals surface area (Å²) in [4.78, 5) is 17.7. The Labute approximate surface area is 157 Å². The zero-order chi connectivity index (χ0) is 19.1. The second-order valence-corrected chi connectivity index (χ2v) is 7.34. The predicted octanol–water partition coefficient (Wildman–Crippen LogP) is 3.27. The van der Waals surface area contributed by atoms with Crippen molar-refractivity contribution in [2.45, 2.75) is 46.1 Å². The minimum absolute atomic E-state index is 0.104. The zero-order valence-electron chi connectivity index (χ0n) is 15.8. The van der Waals surface area contributed by atoms with Crippen LogP contribution < -0.4 is 11.1 Å². The van der Waals surface area contributed by atoms with E-state index in [1.54, 1.807) is 6.07 Å². The first-order valence-corrected chi connectivity index (χ1v) is 9.33. The Morgan fingerprint density at radius 3 is 2.81 bits per heavy atom. The van der Waals surface area contributed by atoms with Crippen LogP contribution in [0.3, 0.4) is 0 Å².